The molecule has 34 heavy (non-hydrogen) atoms. The lowest BCUT2D eigenvalue weighted by atomic mass is 9.96. The maximum absolute atomic E-state index is 13.5. The van der Waals surface area contributed by atoms with Gasteiger partial charge in [0.1, 0.15) is 5.82 Å². The molecule has 1 saturated heterocycles. The van der Waals surface area contributed by atoms with Crippen molar-refractivity contribution in [2.45, 2.75) is 45.3 Å². The summed E-state index contributed by atoms with van der Waals surface area (Å²) in [6, 6.07) is 8.36. The van der Waals surface area contributed by atoms with Crippen molar-refractivity contribution in [2.75, 3.05) is 13.1 Å². The molecule has 0 aliphatic carbocycles. The Bertz CT molecular complexity index is 1340. The minimum absolute atomic E-state index is 0.0555. The second kappa shape index (κ2) is 8.57. The van der Waals surface area contributed by atoms with Crippen LogP contribution >= 0.6 is 11.3 Å². The molecule has 1 aliphatic heterocycles. The van der Waals surface area contributed by atoms with Crippen LogP contribution in [0.3, 0.4) is 0 Å². The number of hydrogen-bond acceptors (Lipinski definition) is 4. The van der Waals surface area contributed by atoms with Crippen LogP contribution < -0.4 is 0 Å². The van der Waals surface area contributed by atoms with Gasteiger partial charge in [0.25, 0.3) is 5.91 Å². The predicted octanol–water partition coefficient (Wildman–Crippen LogP) is 5.30. The fourth-order valence-electron chi connectivity index (χ4n) is 4.72. The second-order valence-electron chi connectivity index (χ2n) is 8.74. The number of alkyl halides is 3. The molecule has 0 bridgehead atoms. The number of likely N-dealkylation sites (tertiary alicyclic amines) is 1. The number of aromatic nitrogens is 4. The Morgan fingerprint density at radius 3 is 2.76 bits per heavy atom. The average Bonchev–Trinajstić information content (AvgIpc) is 3.54. The second-order valence-corrected chi connectivity index (χ2v) is 9.77. The summed E-state index contributed by atoms with van der Waals surface area (Å²) < 4.78 is 43.3. The van der Waals surface area contributed by atoms with E-state index in [0.29, 0.717) is 30.1 Å². The number of nitrogens with zero attached hydrogens (tertiary/aromatic N) is 5. The van der Waals surface area contributed by atoms with Crippen molar-refractivity contribution in [1.29, 1.82) is 0 Å². The van der Waals surface area contributed by atoms with E-state index >= 15 is 0 Å². The fraction of sp³-hybridized carbons (Fsp3) is 0.375. The van der Waals surface area contributed by atoms with E-state index in [-0.39, 0.29) is 11.8 Å². The van der Waals surface area contributed by atoms with Crippen molar-refractivity contribution in [3.05, 3.63) is 75.1 Å². The Labute approximate surface area is 198 Å². The van der Waals surface area contributed by atoms with Crippen LogP contribution in [0.25, 0.3) is 5.65 Å². The maximum Gasteiger partial charge on any atom is 0.417 e. The lowest BCUT2D eigenvalue weighted by molar-refractivity contribution is -0.137. The van der Waals surface area contributed by atoms with Gasteiger partial charge in [0.15, 0.2) is 5.65 Å². The molecule has 0 aromatic carbocycles. The largest absolute Gasteiger partial charge is 0.417 e. The molecule has 1 fully saturated rings. The number of carbonyl (C=O) groups is 1. The van der Waals surface area contributed by atoms with E-state index in [0.717, 1.165) is 43.0 Å². The number of rotatable bonds is 4. The van der Waals surface area contributed by atoms with Gasteiger partial charge in [-0.05, 0) is 56.3 Å². The summed E-state index contributed by atoms with van der Waals surface area (Å²) in [7, 11) is 0. The zero-order chi connectivity index (χ0) is 24.0. The summed E-state index contributed by atoms with van der Waals surface area (Å²) in [4.78, 5) is 16.5. The van der Waals surface area contributed by atoms with Gasteiger partial charge < -0.3 is 9.47 Å². The first-order valence-corrected chi connectivity index (χ1v) is 12.0. The molecule has 10 heteroatoms. The molecule has 1 amide bonds. The third-order valence-corrected chi connectivity index (χ3v) is 7.39. The first kappa shape index (κ1) is 22.6. The van der Waals surface area contributed by atoms with Crippen LogP contribution in [0, 0.1) is 13.8 Å². The number of amides is 1. The maximum atomic E-state index is 13.5. The van der Waals surface area contributed by atoms with Gasteiger partial charge in [0, 0.05) is 41.5 Å². The van der Waals surface area contributed by atoms with Crippen molar-refractivity contribution < 1.29 is 18.0 Å². The van der Waals surface area contributed by atoms with Crippen LogP contribution in [0.5, 0.6) is 0 Å². The van der Waals surface area contributed by atoms with Gasteiger partial charge in [0.2, 0.25) is 0 Å². The highest BCUT2D eigenvalue weighted by Gasteiger charge is 2.33. The Balaban J connectivity index is 1.40. The summed E-state index contributed by atoms with van der Waals surface area (Å²) in [6.45, 7) is 5.67. The Kier molecular flexibility index (Phi) is 5.71. The standard InChI is InChI=1S/C24H24F3N5OS/c1-15-11-20(16(2)31(15)14-19-6-4-10-34-19)23(33)30-9-3-5-17(12-30)22-29-28-21-8-7-18(13-32(21)22)24(25,26)27/h4,6-8,10-11,13,17H,3,5,9,12,14H2,1-2H3. The van der Waals surface area contributed by atoms with Gasteiger partial charge in [-0.15, -0.1) is 21.5 Å². The predicted molar refractivity (Wildman–Crippen MR) is 123 cm³/mol. The van der Waals surface area contributed by atoms with Gasteiger partial charge in [-0.2, -0.15) is 13.2 Å². The van der Waals surface area contributed by atoms with E-state index in [1.54, 1.807) is 16.2 Å². The van der Waals surface area contributed by atoms with Crippen LogP contribution in [-0.4, -0.2) is 43.1 Å². The molecular formula is C24H24F3N5OS. The normalized spacial score (nSPS) is 17.0. The van der Waals surface area contributed by atoms with Gasteiger partial charge in [-0.1, -0.05) is 6.07 Å². The molecule has 0 spiro atoms. The Morgan fingerprint density at radius 1 is 1.21 bits per heavy atom. The number of piperidine rings is 1. The number of fused-ring (bicyclic) bond motifs is 1. The van der Waals surface area contributed by atoms with Gasteiger partial charge in [-0.3, -0.25) is 9.20 Å². The molecule has 5 heterocycles. The van der Waals surface area contributed by atoms with Crippen LogP contribution in [0.1, 0.15) is 56.8 Å². The van der Waals surface area contributed by atoms with E-state index < -0.39 is 11.7 Å². The Morgan fingerprint density at radius 2 is 2.03 bits per heavy atom. The number of thiophene rings is 1. The molecule has 0 saturated carbocycles. The van der Waals surface area contributed by atoms with Gasteiger partial charge in [-0.25, -0.2) is 0 Å². The van der Waals surface area contributed by atoms with E-state index in [2.05, 4.69) is 20.8 Å². The fourth-order valence-corrected chi connectivity index (χ4v) is 5.41. The van der Waals surface area contributed by atoms with Crippen LogP contribution in [-0.2, 0) is 12.7 Å². The quantitative estimate of drug-likeness (QED) is 0.393. The molecule has 0 radical (unpaired) electrons. The number of aryl methyl sites for hydroxylation is 1. The van der Waals surface area contributed by atoms with Crippen LogP contribution in [0.2, 0.25) is 0 Å². The molecule has 5 rings (SSSR count). The first-order chi connectivity index (χ1) is 16.2. The van der Waals surface area contributed by atoms with Crippen molar-refractivity contribution in [3.63, 3.8) is 0 Å². The molecule has 6 nitrogen and oxygen atoms in total. The topological polar surface area (TPSA) is 55.4 Å². The van der Waals surface area contributed by atoms with Gasteiger partial charge in [0.05, 0.1) is 17.7 Å². The van der Waals surface area contributed by atoms with Gasteiger partial charge >= 0.3 is 6.18 Å². The monoisotopic (exact) mass is 487 g/mol. The molecule has 1 atom stereocenters. The molecule has 0 N–H and O–H groups in total. The van der Waals surface area contributed by atoms with Crippen LogP contribution in [0.15, 0.2) is 41.9 Å². The minimum atomic E-state index is -4.45. The van der Waals surface area contributed by atoms with E-state index in [4.69, 9.17) is 0 Å². The summed E-state index contributed by atoms with van der Waals surface area (Å²) in [5.41, 5.74) is 2.22. The average molecular weight is 488 g/mol. The van der Waals surface area contributed by atoms with Crippen LogP contribution in [0.4, 0.5) is 13.2 Å². The number of halogens is 3. The zero-order valence-electron chi connectivity index (χ0n) is 18.8. The summed E-state index contributed by atoms with van der Waals surface area (Å²) in [5.74, 6) is 0.215. The first-order valence-electron chi connectivity index (χ1n) is 11.1. The lowest BCUT2D eigenvalue weighted by Gasteiger charge is -2.32. The third kappa shape index (κ3) is 4.11. The zero-order valence-corrected chi connectivity index (χ0v) is 19.7. The number of hydrogen-bond donors (Lipinski definition) is 0. The van der Waals surface area contributed by atoms with Crippen molar-refractivity contribution in [2.24, 2.45) is 0 Å². The number of pyridine rings is 1. The van der Waals surface area contributed by atoms with E-state index in [1.165, 1.54) is 15.3 Å². The number of carbonyl (C=O) groups excluding carboxylic acids is 1. The summed E-state index contributed by atoms with van der Waals surface area (Å²) in [6.07, 6.45) is -1.92. The summed E-state index contributed by atoms with van der Waals surface area (Å²) >= 11 is 1.68. The third-order valence-electron chi connectivity index (χ3n) is 6.53. The summed E-state index contributed by atoms with van der Waals surface area (Å²) in [5, 5.41) is 10.3. The molecule has 1 unspecified atom stereocenters. The smallest absolute Gasteiger partial charge is 0.343 e. The highest BCUT2D eigenvalue weighted by Crippen LogP contribution is 2.32. The molecular weight excluding hydrogens is 463 g/mol. The highest BCUT2D eigenvalue weighted by molar-refractivity contribution is 7.09. The van der Waals surface area contributed by atoms with Crippen molar-refractivity contribution in [3.8, 4) is 0 Å². The molecule has 178 valence electrons. The van der Waals surface area contributed by atoms with E-state index in [9.17, 15) is 18.0 Å². The lowest BCUT2D eigenvalue weighted by Crippen LogP contribution is -2.39. The van der Waals surface area contributed by atoms with E-state index in [1.807, 2.05) is 31.4 Å². The molecule has 1 aliphatic rings. The van der Waals surface area contributed by atoms with Crippen molar-refractivity contribution >= 4 is 22.9 Å². The minimum Gasteiger partial charge on any atom is -0.343 e. The molecule has 4 aromatic rings. The Hall–Kier alpha value is -3.14. The van der Waals surface area contributed by atoms with Crippen molar-refractivity contribution in [1.82, 2.24) is 24.1 Å². The SMILES string of the molecule is Cc1cc(C(=O)N2CCCC(c3nnc4ccc(C(F)(F)F)cn34)C2)c(C)n1Cc1cccs1. The highest BCUT2D eigenvalue weighted by atomic mass is 32.1. The molecule has 4 aromatic heterocycles.